The number of nitrogens with one attached hydrogen (secondary N) is 1. The summed E-state index contributed by atoms with van der Waals surface area (Å²) in [6, 6.07) is 5.54. The van der Waals surface area contributed by atoms with Gasteiger partial charge in [0, 0.05) is 18.8 Å². The van der Waals surface area contributed by atoms with Gasteiger partial charge in [-0.3, -0.25) is 4.79 Å². The van der Waals surface area contributed by atoms with Crippen LogP contribution in [0.5, 0.6) is 0 Å². The maximum Gasteiger partial charge on any atom is 0.211 e. The lowest BCUT2D eigenvalue weighted by Gasteiger charge is -2.37. The highest BCUT2D eigenvalue weighted by Gasteiger charge is 2.23. The number of morpholine rings is 1. The minimum atomic E-state index is 0.192. The standard InChI is InChI=1S/C13H17ClN2O2/c1-9-6-16(7-10(2)18-9)13-4-3-11(15-8-17)5-12(13)14/h3-5,8-10H,6-7H2,1-2H3,(H,15,17). The van der Waals surface area contributed by atoms with Crippen LogP contribution in [0.4, 0.5) is 11.4 Å². The third-order valence-electron chi connectivity index (χ3n) is 2.93. The zero-order chi connectivity index (χ0) is 13.1. The van der Waals surface area contributed by atoms with Crippen LogP contribution in [-0.2, 0) is 9.53 Å². The van der Waals surface area contributed by atoms with Crippen molar-refractivity contribution in [2.24, 2.45) is 0 Å². The molecule has 1 aliphatic rings. The van der Waals surface area contributed by atoms with Crippen LogP contribution in [0.2, 0.25) is 5.02 Å². The molecule has 18 heavy (non-hydrogen) atoms. The predicted octanol–water partition coefficient (Wildman–Crippen LogP) is 2.52. The monoisotopic (exact) mass is 268 g/mol. The Bertz CT molecular complexity index is 429. The van der Waals surface area contributed by atoms with E-state index in [1.54, 1.807) is 6.07 Å². The van der Waals surface area contributed by atoms with Crippen molar-refractivity contribution in [3.05, 3.63) is 23.2 Å². The van der Waals surface area contributed by atoms with Crippen LogP contribution in [-0.4, -0.2) is 31.7 Å². The molecule has 2 atom stereocenters. The SMILES string of the molecule is CC1CN(c2ccc(NC=O)cc2Cl)CC(C)O1. The van der Waals surface area contributed by atoms with Gasteiger partial charge in [-0.05, 0) is 32.0 Å². The van der Waals surface area contributed by atoms with Crippen LogP contribution in [0.25, 0.3) is 0 Å². The van der Waals surface area contributed by atoms with Crippen molar-refractivity contribution < 1.29 is 9.53 Å². The molecule has 1 aromatic rings. The normalized spacial score (nSPS) is 23.8. The largest absolute Gasteiger partial charge is 0.372 e. The van der Waals surface area contributed by atoms with E-state index in [0.29, 0.717) is 17.1 Å². The van der Waals surface area contributed by atoms with Crippen LogP contribution in [0.15, 0.2) is 18.2 Å². The number of anilines is 2. The maximum atomic E-state index is 10.4. The molecule has 4 nitrogen and oxygen atoms in total. The Morgan fingerprint density at radius 1 is 1.39 bits per heavy atom. The molecule has 1 aromatic carbocycles. The second kappa shape index (κ2) is 5.59. The second-order valence-corrected chi connectivity index (χ2v) is 5.00. The molecule has 1 N–H and O–H groups in total. The Morgan fingerprint density at radius 3 is 2.61 bits per heavy atom. The molecule has 2 rings (SSSR count). The molecule has 0 aliphatic carbocycles. The minimum absolute atomic E-state index is 0.192. The number of hydrogen-bond acceptors (Lipinski definition) is 3. The molecule has 2 unspecified atom stereocenters. The van der Waals surface area contributed by atoms with E-state index in [1.807, 2.05) is 12.1 Å². The molecule has 1 amide bonds. The van der Waals surface area contributed by atoms with Gasteiger partial charge in [-0.1, -0.05) is 11.6 Å². The summed E-state index contributed by atoms with van der Waals surface area (Å²) in [5.41, 5.74) is 1.68. The van der Waals surface area contributed by atoms with E-state index in [0.717, 1.165) is 18.8 Å². The number of ether oxygens (including phenoxy) is 1. The first-order chi connectivity index (χ1) is 8.60. The first-order valence-corrected chi connectivity index (χ1v) is 6.38. The van der Waals surface area contributed by atoms with Gasteiger partial charge < -0.3 is 15.0 Å². The molecule has 0 spiro atoms. The Hall–Kier alpha value is -1.26. The summed E-state index contributed by atoms with van der Waals surface area (Å²) < 4.78 is 5.70. The van der Waals surface area contributed by atoms with Gasteiger partial charge in [0.1, 0.15) is 0 Å². The summed E-state index contributed by atoms with van der Waals surface area (Å²) in [6.45, 7) is 5.76. The summed E-state index contributed by atoms with van der Waals surface area (Å²) >= 11 is 6.26. The van der Waals surface area contributed by atoms with Crippen LogP contribution in [0, 0.1) is 0 Å². The van der Waals surface area contributed by atoms with Gasteiger partial charge in [-0.15, -0.1) is 0 Å². The van der Waals surface area contributed by atoms with E-state index in [1.165, 1.54) is 0 Å². The van der Waals surface area contributed by atoms with Crippen molar-refractivity contribution in [2.75, 3.05) is 23.3 Å². The first kappa shape index (κ1) is 13.2. The van der Waals surface area contributed by atoms with Crippen LogP contribution < -0.4 is 10.2 Å². The summed E-state index contributed by atoms with van der Waals surface area (Å²) in [5.74, 6) is 0. The lowest BCUT2D eigenvalue weighted by atomic mass is 10.2. The minimum Gasteiger partial charge on any atom is -0.372 e. The van der Waals surface area contributed by atoms with E-state index >= 15 is 0 Å². The Morgan fingerprint density at radius 2 is 2.06 bits per heavy atom. The number of rotatable bonds is 3. The van der Waals surface area contributed by atoms with Gasteiger partial charge in [0.15, 0.2) is 0 Å². The molecule has 1 aliphatic heterocycles. The van der Waals surface area contributed by atoms with Crippen molar-refractivity contribution in [1.82, 2.24) is 0 Å². The summed E-state index contributed by atoms with van der Waals surface area (Å²) in [7, 11) is 0. The van der Waals surface area contributed by atoms with Crippen molar-refractivity contribution in [2.45, 2.75) is 26.1 Å². The summed E-state index contributed by atoms with van der Waals surface area (Å²) in [6.07, 6.45) is 1.03. The third kappa shape index (κ3) is 2.94. The van der Waals surface area contributed by atoms with Gasteiger partial charge in [0.2, 0.25) is 6.41 Å². The number of hydrogen-bond donors (Lipinski definition) is 1. The maximum absolute atomic E-state index is 10.4. The molecule has 0 saturated carbocycles. The smallest absolute Gasteiger partial charge is 0.211 e. The van der Waals surface area contributed by atoms with Gasteiger partial charge in [-0.2, -0.15) is 0 Å². The van der Waals surface area contributed by atoms with Gasteiger partial charge >= 0.3 is 0 Å². The lowest BCUT2D eigenvalue weighted by Crippen LogP contribution is -2.45. The van der Waals surface area contributed by atoms with Crippen molar-refractivity contribution in [3.8, 4) is 0 Å². The average molecular weight is 269 g/mol. The average Bonchev–Trinajstić information content (AvgIpc) is 2.28. The predicted molar refractivity (Wildman–Crippen MR) is 73.4 cm³/mol. The molecule has 98 valence electrons. The number of nitrogens with zero attached hydrogens (tertiary/aromatic N) is 1. The molecular weight excluding hydrogens is 252 g/mol. The molecule has 0 radical (unpaired) electrons. The van der Waals surface area contributed by atoms with Crippen molar-refractivity contribution >= 4 is 29.4 Å². The number of amides is 1. The molecule has 1 heterocycles. The molecule has 5 heteroatoms. The fourth-order valence-corrected chi connectivity index (χ4v) is 2.60. The molecule has 1 saturated heterocycles. The number of carbonyl (C=O) groups is 1. The first-order valence-electron chi connectivity index (χ1n) is 6.00. The Labute approximate surface area is 112 Å². The number of benzene rings is 1. The molecule has 1 fully saturated rings. The van der Waals surface area contributed by atoms with Crippen molar-refractivity contribution in [1.29, 1.82) is 0 Å². The van der Waals surface area contributed by atoms with Crippen molar-refractivity contribution in [3.63, 3.8) is 0 Å². The lowest BCUT2D eigenvalue weighted by molar-refractivity contribution is -0.105. The van der Waals surface area contributed by atoms with E-state index in [9.17, 15) is 4.79 Å². The summed E-state index contributed by atoms with van der Waals surface area (Å²) in [4.78, 5) is 12.6. The summed E-state index contributed by atoms with van der Waals surface area (Å²) in [5, 5.41) is 3.23. The zero-order valence-electron chi connectivity index (χ0n) is 10.5. The van der Waals surface area contributed by atoms with E-state index in [-0.39, 0.29) is 12.2 Å². The molecular formula is C13H17ClN2O2. The third-order valence-corrected chi connectivity index (χ3v) is 3.24. The van der Waals surface area contributed by atoms with E-state index in [2.05, 4.69) is 24.1 Å². The Kier molecular flexibility index (Phi) is 4.09. The molecule has 0 aromatic heterocycles. The molecule has 0 bridgehead atoms. The second-order valence-electron chi connectivity index (χ2n) is 4.59. The van der Waals surface area contributed by atoms with Crippen LogP contribution >= 0.6 is 11.6 Å². The highest BCUT2D eigenvalue weighted by atomic mass is 35.5. The fourth-order valence-electron chi connectivity index (χ4n) is 2.30. The topological polar surface area (TPSA) is 41.6 Å². The fraction of sp³-hybridized carbons (Fsp3) is 0.462. The highest BCUT2D eigenvalue weighted by molar-refractivity contribution is 6.33. The van der Waals surface area contributed by atoms with Gasteiger partial charge in [0.25, 0.3) is 0 Å². The number of carbonyl (C=O) groups excluding carboxylic acids is 1. The van der Waals surface area contributed by atoms with Crippen LogP contribution in [0.3, 0.4) is 0 Å². The van der Waals surface area contributed by atoms with E-state index < -0.39 is 0 Å². The van der Waals surface area contributed by atoms with Gasteiger partial charge in [0.05, 0.1) is 22.9 Å². The number of halogens is 1. The van der Waals surface area contributed by atoms with E-state index in [4.69, 9.17) is 16.3 Å². The quantitative estimate of drug-likeness (QED) is 0.857. The zero-order valence-corrected chi connectivity index (χ0v) is 11.3. The van der Waals surface area contributed by atoms with Crippen LogP contribution in [0.1, 0.15) is 13.8 Å². The van der Waals surface area contributed by atoms with Gasteiger partial charge in [-0.25, -0.2) is 0 Å². The Balaban J connectivity index is 2.19. The highest BCUT2D eigenvalue weighted by Crippen LogP contribution is 2.30.